The zero-order valence-electron chi connectivity index (χ0n) is 10.4. The number of aromatic nitrogens is 2. The van der Waals surface area contributed by atoms with Gasteiger partial charge < -0.3 is 16.2 Å². The van der Waals surface area contributed by atoms with Crippen LogP contribution in [0.1, 0.15) is 37.6 Å². The van der Waals surface area contributed by atoms with Crippen molar-refractivity contribution in [2.75, 3.05) is 11.1 Å². The minimum Gasteiger partial charge on any atom is -0.393 e. The number of rotatable bonds is 4. The Morgan fingerprint density at radius 1 is 1.41 bits per heavy atom. The summed E-state index contributed by atoms with van der Waals surface area (Å²) in [5.74, 6) is 2.15. The number of aliphatic hydroxyl groups excluding tert-OH is 1. The predicted octanol–water partition coefficient (Wildman–Crippen LogP) is 1.25. The molecular weight excluding hydrogens is 216 g/mol. The third-order valence-corrected chi connectivity index (χ3v) is 3.16. The number of nitrogens with zero attached hydrogens (tertiary/aromatic N) is 2. The molecular formula is C12H20N4O. The Morgan fingerprint density at radius 3 is 2.71 bits per heavy atom. The van der Waals surface area contributed by atoms with Crippen molar-refractivity contribution >= 4 is 11.6 Å². The van der Waals surface area contributed by atoms with Crippen molar-refractivity contribution in [1.29, 1.82) is 0 Å². The van der Waals surface area contributed by atoms with Crippen LogP contribution in [0.15, 0.2) is 0 Å². The summed E-state index contributed by atoms with van der Waals surface area (Å²) in [5.41, 5.74) is 6.77. The van der Waals surface area contributed by atoms with Crippen molar-refractivity contribution < 1.29 is 5.11 Å². The average Bonchev–Trinajstić information content (AvgIpc) is 2.23. The molecule has 17 heavy (non-hydrogen) atoms. The number of anilines is 2. The Labute approximate surface area is 101 Å². The summed E-state index contributed by atoms with van der Waals surface area (Å²) >= 11 is 0. The summed E-state index contributed by atoms with van der Waals surface area (Å²) in [7, 11) is 0. The molecule has 94 valence electrons. The first-order valence-corrected chi connectivity index (χ1v) is 6.17. The first kappa shape index (κ1) is 12.1. The van der Waals surface area contributed by atoms with Gasteiger partial charge in [-0.25, -0.2) is 9.97 Å². The van der Waals surface area contributed by atoms with Crippen LogP contribution in [0.5, 0.6) is 0 Å². The van der Waals surface area contributed by atoms with Crippen LogP contribution >= 0.6 is 0 Å². The average molecular weight is 236 g/mol. The predicted molar refractivity (Wildman–Crippen MR) is 67.8 cm³/mol. The van der Waals surface area contributed by atoms with Crippen LogP contribution in [0.25, 0.3) is 0 Å². The third-order valence-electron chi connectivity index (χ3n) is 3.16. The lowest BCUT2D eigenvalue weighted by molar-refractivity contribution is 0.0835. The fourth-order valence-corrected chi connectivity index (χ4v) is 1.96. The molecule has 0 aliphatic heterocycles. The lowest BCUT2D eigenvalue weighted by Gasteiger charge is -2.32. The normalized spacial score (nSPS) is 23.2. The fourth-order valence-electron chi connectivity index (χ4n) is 1.96. The van der Waals surface area contributed by atoms with Crippen molar-refractivity contribution in [3.8, 4) is 0 Å². The molecule has 0 unspecified atom stereocenters. The van der Waals surface area contributed by atoms with E-state index in [0.717, 1.165) is 42.9 Å². The van der Waals surface area contributed by atoms with Crippen LogP contribution in [0.3, 0.4) is 0 Å². The maximum atomic E-state index is 9.26. The van der Waals surface area contributed by atoms with Crippen molar-refractivity contribution in [2.45, 2.75) is 51.7 Å². The largest absolute Gasteiger partial charge is 0.393 e. The second-order valence-electron chi connectivity index (χ2n) is 4.72. The van der Waals surface area contributed by atoms with Gasteiger partial charge in [0.2, 0.25) is 0 Å². The molecule has 1 fully saturated rings. The van der Waals surface area contributed by atoms with Gasteiger partial charge in [-0.2, -0.15) is 0 Å². The van der Waals surface area contributed by atoms with Gasteiger partial charge in [0.15, 0.2) is 0 Å². The molecule has 0 radical (unpaired) electrons. The Morgan fingerprint density at radius 2 is 2.12 bits per heavy atom. The Kier molecular flexibility index (Phi) is 3.47. The number of aryl methyl sites for hydroxylation is 1. The zero-order valence-corrected chi connectivity index (χ0v) is 10.4. The minimum absolute atomic E-state index is 0.165. The van der Waals surface area contributed by atoms with Crippen molar-refractivity contribution in [3.63, 3.8) is 0 Å². The fraction of sp³-hybridized carbons (Fsp3) is 0.667. The van der Waals surface area contributed by atoms with E-state index in [-0.39, 0.29) is 6.10 Å². The first-order valence-electron chi connectivity index (χ1n) is 6.17. The molecule has 2 rings (SSSR count). The highest BCUT2D eigenvalue weighted by Crippen LogP contribution is 2.26. The molecule has 4 N–H and O–H groups in total. The van der Waals surface area contributed by atoms with Crippen molar-refractivity contribution in [1.82, 2.24) is 9.97 Å². The molecule has 5 nitrogen and oxygen atoms in total. The van der Waals surface area contributed by atoms with Crippen LogP contribution < -0.4 is 11.1 Å². The smallest absolute Gasteiger partial charge is 0.134 e. The summed E-state index contributed by atoms with van der Waals surface area (Å²) in [6, 6.07) is 0.312. The topological polar surface area (TPSA) is 84.1 Å². The molecule has 0 amide bonds. The monoisotopic (exact) mass is 236 g/mol. The number of nitrogens with two attached hydrogens (primary N) is 1. The van der Waals surface area contributed by atoms with Gasteiger partial charge in [0.25, 0.3) is 0 Å². The van der Waals surface area contributed by atoms with Gasteiger partial charge in [-0.05, 0) is 26.2 Å². The van der Waals surface area contributed by atoms with E-state index in [2.05, 4.69) is 22.2 Å². The highest BCUT2D eigenvalue weighted by molar-refractivity contribution is 5.55. The van der Waals surface area contributed by atoms with Gasteiger partial charge in [-0.3, -0.25) is 0 Å². The molecule has 5 heteroatoms. The molecule has 0 spiro atoms. The van der Waals surface area contributed by atoms with Crippen LogP contribution in [0.2, 0.25) is 0 Å². The van der Waals surface area contributed by atoms with Crippen LogP contribution in [0, 0.1) is 6.92 Å². The number of nitrogen functional groups attached to an aromatic ring is 1. The van der Waals surface area contributed by atoms with Gasteiger partial charge >= 0.3 is 0 Å². The Hall–Kier alpha value is -1.36. The molecule has 1 heterocycles. The molecule has 0 saturated heterocycles. The molecule has 1 saturated carbocycles. The van der Waals surface area contributed by atoms with E-state index >= 15 is 0 Å². The molecule has 1 aliphatic rings. The number of hydrogen-bond acceptors (Lipinski definition) is 5. The summed E-state index contributed by atoms with van der Waals surface area (Å²) in [6.07, 6.45) is 3.25. The highest BCUT2D eigenvalue weighted by Gasteiger charge is 2.27. The summed E-state index contributed by atoms with van der Waals surface area (Å²) in [4.78, 5) is 8.75. The van der Waals surface area contributed by atoms with Gasteiger partial charge in [0.1, 0.15) is 17.5 Å². The summed E-state index contributed by atoms with van der Waals surface area (Å²) in [6.45, 7) is 4.01. The van der Waals surface area contributed by atoms with E-state index in [1.54, 1.807) is 0 Å². The van der Waals surface area contributed by atoms with E-state index in [0.29, 0.717) is 11.9 Å². The molecule has 1 aromatic rings. The summed E-state index contributed by atoms with van der Waals surface area (Å²) in [5, 5.41) is 12.6. The van der Waals surface area contributed by atoms with E-state index in [1.165, 1.54) is 0 Å². The Balaban J connectivity index is 2.13. The van der Waals surface area contributed by atoms with Crippen LogP contribution in [-0.2, 0) is 6.42 Å². The van der Waals surface area contributed by atoms with Gasteiger partial charge in [0, 0.05) is 18.0 Å². The maximum absolute atomic E-state index is 9.26. The standard InChI is InChI=1S/C12H20N4O/c1-3-4-10-15-11(13)7(2)12(16-10)14-8-5-9(17)6-8/h8-9,17H,3-6H2,1-2H3,(H3,13,14,15,16). The molecule has 1 aliphatic carbocycles. The SMILES string of the molecule is CCCc1nc(N)c(C)c(NC2CC(O)C2)n1. The minimum atomic E-state index is -0.165. The quantitative estimate of drug-likeness (QED) is 0.733. The summed E-state index contributed by atoms with van der Waals surface area (Å²) < 4.78 is 0. The van der Waals surface area contributed by atoms with Crippen LogP contribution in [-0.4, -0.2) is 27.2 Å². The lowest BCUT2D eigenvalue weighted by Crippen LogP contribution is -2.39. The number of aliphatic hydroxyl groups is 1. The zero-order chi connectivity index (χ0) is 12.4. The van der Waals surface area contributed by atoms with Crippen molar-refractivity contribution in [3.05, 3.63) is 11.4 Å². The second kappa shape index (κ2) is 4.87. The van der Waals surface area contributed by atoms with Crippen molar-refractivity contribution in [2.24, 2.45) is 0 Å². The number of hydrogen-bond donors (Lipinski definition) is 3. The molecule has 1 aromatic heterocycles. The second-order valence-corrected chi connectivity index (χ2v) is 4.72. The first-order chi connectivity index (χ1) is 8.10. The molecule has 0 atom stereocenters. The van der Waals surface area contributed by atoms with Crippen LogP contribution in [0.4, 0.5) is 11.6 Å². The molecule has 0 aromatic carbocycles. The number of nitrogens with one attached hydrogen (secondary N) is 1. The van der Waals surface area contributed by atoms with Gasteiger partial charge in [0.05, 0.1) is 6.10 Å². The third kappa shape index (κ3) is 2.66. The Bertz CT molecular complexity index is 402. The maximum Gasteiger partial charge on any atom is 0.134 e. The van der Waals surface area contributed by atoms with E-state index in [4.69, 9.17) is 5.73 Å². The van der Waals surface area contributed by atoms with E-state index in [1.807, 2.05) is 6.92 Å². The van der Waals surface area contributed by atoms with Gasteiger partial charge in [-0.1, -0.05) is 6.92 Å². The molecule has 0 bridgehead atoms. The van der Waals surface area contributed by atoms with Gasteiger partial charge in [-0.15, -0.1) is 0 Å². The van der Waals surface area contributed by atoms with E-state index in [9.17, 15) is 5.11 Å². The lowest BCUT2D eigenvalue weighted by atomic mass is 9.89. The highest BCUT2D eigenvalue weighted by atomic mass is 16.3. The van der Waals surface area contributed by atoms with E-state index < -0.39 is 0 Å².